The van der Waals surface area contributed by atoms with E-state index < -0.39 is 17.8 Å². The van der Waals surface area contributed by atoms with Crippen molar-refractivity contribution in [2.45, 2.75) is 0 Å². The molecule has 0 radical (unpaired) electrons. The largest absolute Gasteiger partial charge is 0.497 e. The van der Waals surface area contributed by atoms with Crippen LogP contribution in [0.25, 0.3) is 0 Å². The molecule has 3 aromatic carbocycles. The van der Waals surface area contributed by atoms with Crippen LogP contribution >= 0.6 is 11.6 Å². The van der Waals surface area contributed by atoms with Gasteiger partial charge in [-0.15, -0.1) is 0 Å². The van der Waals surface area contributed by atoms with Gasteiger partial charge in [0.25, 0.3) is 17.7 Å². The van der Waals surface area contributed by atoms with E-state index in [4.69, 9.17) is 16.3 Å². The van der Waals surface area contributed by atoms with Crippen molar-refractivity contribution in [2.24, 2.45) is 0 Å². The highest BCUT2D eigenvalue weighted by molar-refractivity contribution is 6.53. The van der Waals surface area contributed by atoms with Crippen LogP contribution in [0, 0.1) is 0 Å². The molecule has 36 heavy (non-hydrogen) atoms. The van der Waals surface area contributed by atoms with Gasteiger partial charge in [-0.3, -0.25) is 14.4 Å². The van der Waals surface area contributed by atoms with Crippen LogP contribution in [-0.2, 0) is 14.3 Å². The smallest absolute Gasteiger partial charge is 0.337 e. The second-order valence-corrected chi connectivity index (χ2v) is 7.94. The van der Waals surface area contributed by atoms with Gasteiger partial charge in [-0.25, -0.2) is 9.69 Å². The molecular weight excluding hydrogens is 486 g/mol. The van der Waals surface area contributed by atoms with E-state index in [0.29, 0.717) is 22.7 Å². The normalized spacial score (nSPS) is 13.0. The maximum absolute atomic E-state index is 13.0. The van der Waals surface area contributed by atoms with Crippen molar-refractivity contribution in [1.82, 2.24) is 0 Å². The van der Waals surface area contributed by atoms with E-state index in [2.05, 4.69) is 15.4 Å². The van der Waals surface area contributed by atoms with Gasteiger partial charge in [0.05, 0.1) is 25.5 Å². The highest BCUT2D eigenvalue weighted by atomic mass is 35.5. The first-order valence-electron chi connectivity index (χ1n) is 10.6. The number of anilines is 3. The van der Waals surface area contributed by atoms with Crippen LogP contribution in [-0.4, -0.2) is 37.9 Å². The summed E-state index contributed by atoms with van der Waals surface area (Å²) in [5, 5.41) is 5.33. The maximum atomic E-state index is 13.0. The Morgan fingerprint density at radius 1 is 0.833 bits per heavy atom. The second kappa shape index (κ2) is 10.3. The van der Waals surface area contributed by atoms with Crippen LogP contribution in [0.5, 0.6) is 5.75 Å². The number of ether oxygens (including phenoxy) is 2. The zero-order chi connectivity index (χ0) is 25.8. The van der Waals surface area contributed by atoms with Crippen molar-refractivity contribution in [1.29, 1.82) is 0 Å². The summed E-state index contributed by atoms with van der Waals surface area (Å²) in [5.74, 6) is -1.65. The van der Waals surface area contributed by atoms with E-state index >= 15 is 0 Å². The first kappa shape index (κ1) is 24.5. The lowest BCUT2D eigenvalue weighted by atomic mass is 10.1. The minimum Gasteiger partial charge on any atom is -0.497 e. The molecule has 3 amide bonds. The molecule has 4 rings (SSSR count). The lowest BCUT2D eigenvalue weighted by Gasteiger charge is -2.15. The SMILES string of the molecule is COC(=O)c1ccc(N2C(=O)C(Cl)=C(Nc3cccc(C(=O)Nc4ccc(OC)cc4)c3)C2=O)cc1. The predicted octanol–water partition coefficient (Wildman–Crippen LogP) is 4.17. The molecule has 0 saturated heterocycles. The fourth-order valence-electron chi connectivity index (χ4n) is 3.47. The zero-order valence-electron chi connectivity index (χ0n) is 19.2. The minimum atomic E-state index is -0.719. The molecule has 1 heterocycles. The molecule has 1 aliphatic rings. The van der Waals surface area contributed by atoms with Gasteiger partial charge >= 0.3 is 5.97 Å². The number of halogens is 1. The fourth-order valence-corrected chi connectivity index (χ4v) is 3.68. The monoisotopic (exact) mass is 505 g/mol. The van der Waals surface area contributed by atoms with Crippen LogP contribution in [0.3, 0.4) is 0 Å². The molecule has 0 bridgehead atoms. The Bertz CT molecular complexity index is 1380. The number of hydrogen-bond acceptors (Lipinski definition) is 7. The van der Waals surface area contributed by atoms with E-state index in [0.717, 1.165) is 4.90 Å². The average molecular weight is 506 g/mol. The highest BCUT2D eigenvalue weighted by Crippen LogP contribution is 2.30. The summed E-state index contributed by atoms with van der Waals surface area (Å²) in [5.41, 5.74) is 1.65. The van der Waals surface area contributed by atoms with E-state index in [1.165, 1.54) is 37.4 Å². The summed E-state index contributed by atoms with van der Waals surface area (Å²) in [6, 6.07) is 19.0. The van der Waals surface area contributed by atoms with Gasteiger partial charge in [-0.05, 0) is 66.7 Å². The number of amides is 3. The van der Waals surface area contributed by atoms with Gasteiger partial charge in [0.15, 0.2) is 0 Å². The Balaban J connectivity index is 1.50. The fraction of sp³-hybridized carbons (Fsp3) is 0.0769. The number of nitrogens with zero attached hydrogens (tertiary/aromatic N) is 1. The summed E-state index contributed by atoms with van der Waals surface area (Å²) >= 11 is 6.20. The van der Waals surface area contributed by atoms with Gasteiger partial charge in [0.2, 0.25) is 0 Å². The van der Waals surface area contributed by atoms with Crippen molar-refractivity contribution in [3.8, 4) is 5.75 Å². The number of imide groups is 1. The molecule has 0 unspecified atom stereocenters. The molecular formula is C26H20ClN3O6. The summed E-state index contributed by atoms with van der Waals surface area (Å²) in [4.78, 5) is 51.0. The van der Waals surface area contributed by atoms with Crippen molar-refractivity contribution < 1.29 is 28.7 Å². The minimum absolute atomic E-state index is 0.133. The van der Waals surface area contributed by atoms with Gasteiger partial charge < -0.3 is 20.1 Å². The summed E-state index contributed by atoms with van der Waals surface area (Å²) < 4.78 is 9.76. The summed E-state index contributed by atoms with van der Waals surface area (Å²) in [6.07, 6.45) is 0. The molecule has 9 nitrogen and oxygen atoms in total. The standard InChI is InChI=1S/C26H20ClN3O6/c1-35-20-12-8-17(9-13-20)29-23(31)16-4-3-5-18(14-16)28-22-21(27)24(32)30(25(22)33)19-10-6-15(7-11-19)26(34)36-2/h3-14,28H,1-2H3,(H,29,31). The molecule has 0 aromatic heterocycles. The van der Waals surface area contributed by atoms with E-state index in [1.807, 2.05) is 0 Å². The first-order chi connectivity index (χ1) is 17.3. The molecule has 0 saturated carbocycles. The molecule has 0 atom stereocenters. The van der Waals surface area contributed by atoms with Crippen LogP contribution in [0.2, 0.25) is 0 Å². The number of carbonyl (C=O) groups excluding carboxylic acids is 4. The van der Waals surface area contributed by atoms with E-state index in [-0.39, 0.29) is 27.9 Å². The summed E-state index contributed by atoms with van der Waals surface area (Å²) in [6.45, 7) is 0. The molecule has 2 N–H and O–H groups in total. The molecule has 10 heteroatoms. The third-order valence-electron chi connectivity index (χ3n) is 5.32. The Morgan fingerprint density at radius 3 is 2.17 bits per heavy atom. The number of hydrogen-bond donors (Lipinski definition) is 2. The predicted molar refractivity (Wildman–Crippen MR) is 134 cm³/mol. The highest BCUT2D eigenvalue weighted by Gasteiger charge is 2.39. The van der Waals surface area contributed by atoms with Crippen LogP contribution in [0.1, 0.15) is 20.7 Å². The molecule has 0 spiro atoms. The Kier molecular flexibility index (Phi) is 7.03. The van der Waals surface area contributed by atoms with Gasteiger partial charge in [-0.1, -0.05) is 17.7 Å². The number of rotatable bonds is 7. The Labute approximate surface area is 211 Å². The van der Waals surface area contributed by atoms with E-state index in [1.54, 1.807) is 49.6 Å². The molecule has 0 fully saturated rings. The van der Waals surface area contributed by atoms with Crippen LogP contribution < -0.4 is 20.3 Å². The quantitative estimate of drug-likeness (QED) is 0.366. The van der Waals surface area contributed by atoms with E-state index in [9.17, 15) is 19.2 Å². The number of methoxy groups -OCH3 is 2. The van der Waals surface area contributed by atoms with Gasteiger partial charge in [0, 0.05) is 16.9 Å². The molecule has 3 aromatic rings. The van der Waals surface area contributed by atoms with Crippen molar-refractivity contribution in [3.05, 3.63) is 94.7 Å². The van der Waals surface area contributed by atoms with Crippen molar-refractivity contribution in [3.63, 3.8) is 0 Å². The third-order valence-corrected chi connectivity index (χ3v) is 5.67. The number of nitrogens with one attached hydrogen (secondary N) is 2. The molecule has 1 aliphatic heterocycles. The van der Waals surface area contributed by atoms with Gasteiger partial charge in [-0.2, -0.15) is 0 Å². The zero-order valence-corrected chi connectivity index (χ0v) is 20.0. The Hall–Kier alpha value is -4.63. The summed E-state index contributed by atoms with van der Waals surface area (Å²) in [7, 11) is 2.81. The maximum Gasteiger partial charge on any atom is 0.337 e. The number of benzene rings is 3. The third kappa shape index (κ3) is 4.91. The van der Waals surface area contributed by atoms with Crippen molar-refractivity contribution >= 4 is 52.4 Å². The van der Waals surface area contributed by atoms with Crippen LogP contribution in [0.15, 0.2) is 83.5 Å². The molecule has 182 valence electrons. The van der Waals surface area contributed by atoms with Gasteiger partial charge in [0.1, 0.15) is 16.5 Å². The topological polar surface area (TPSA) is 114 Å². The lowest BCUT2D eigenvalue weighted by Crippen LogP contribution is -2.32. The average Bonchev–Trinajstić information content (AvgIpc) is 3.11. The number of carbonyl (C=O) groups is 4. The lowest BCUT2D eigenvalue weighted by molar-refractivity contribution is -0.120. The molecule has 0 aliphatic carbocycles. The van der Waals surface area contributed by atoms with Crippen LogP contribution in [0.4, 0.5) is 17.1 Å². The first-order valence-corrected chi connectivity index (χ1v) is 11.0. The second-order valence-electron chi connectivity index (χ2n) is 7.56. The van der Waals surface area contributed by atoms with Crippen molar-refractivity contribution in [2.75, 3.05) is 29.8 Å². The Morgan fingerprint density at radius 2 is 1.53 bits per heavy atom. The number of esters is 1.